The van der Waals surface area contributed by atoms with Crippen LogP contribution in [0.3, 0.4) is 0 Å². The zero-order valence-electron chi connectivity index (χ0n) is 11.9. The number of carbonyl (C=O) groups is 1. The Morgan fingerprint density at radius 1 is 1.29 bits per heavy atom. The predicted octanol–water partition coefficient (Wildman–Crippen LogP) is 0.928. The van der Waals surface area contributed by atoms with Gasteiger partial charge in [-0.2, -0.15) is 5.10 Å². The third kappa shape index (κ3) is 5.33. The molecule has 2 aromatic rings. The van der Waals surface area contributed by atoms with Crippen LogP contribution in [0.15, 0.2) is 36.9 Å². The van der Waals surface area contributed by atoms with Gasteiger partial charge in [0, 0.05) is 12.8 Å². The highest BCUT2D eigenvalue weighted by molar-refractivity contribution is 5.91. The first kappa shape index (κ1) is 15.1. The number of hydrogen-bond donors (Lipinski definition) is 1. The number of hydrogen-bond acceptors (Lipinski definition) is 5. The number of nitrogens with one attached hydrogen (secondary N) is 1. The Labute approximate surface area is 122 Å². The molecule has 112 valence electrons. The number of methoxy groups -OCH3 is 1. The van der Waals surface area contributed by atoms with Crippen LogP contribution in [0.25, 0.3) is 0 Å². The largest absolute Gasteiger partial charge is 0.382 e. The molecule has 0 saturated heterocycles. The minimum Gasteiger partial charge on any atom is -0.382 e. The summed E-state index contributed by atoms with van der Waals surface area (Å²) in [6.07, 6.45) is 3.16. The molecule has 0 unspecified atom stereocenters. The molecular weight excluding hydrogens is 272 g/mol. The van der Waals surface area contributed by atoms with Gasteiger partial charge < -0.3 is 14.8 Å². The normalized spacial score (nSPS) is 10.5. The second kappa shape index (κ2) is 8.13. The van der Waals surface area contributed by atoms with Crippen molar-refractivity contribution in [2.75, 3.05) is 32.2 Å². The van der Waals surface area contributed by atoms with Crippen LogP contribution in [0, 0.1) is 0 Å². The molecule has 1 aromatic carbocycles. The summed E-state index contributed by atoms with van der Waals surface area (Å²) in [6, 6.07) is 7.56. The Kier molecular flexibility index (Phi) is 5.86. The minimum atomic E-state index is -0.185. The molecule has 1 N–H and O–H groups in total. The molecular formula is C14H18N4O3. The summed E-state index contributed by atoms with van der Waals surface area (Å²) in [5, 5.41) is 6.81. The standard InChI is InChI=1S/C14H18N4O3/c1-20-6-7-21-9-14(19)17-13-4-2-12(3-5-13)8-18-11-15-10-16-18/h2-5,10-11H,6-9H2,1H3,(H,17,19). The number of nitrogens with zero attached hydrogens (tertiary/aromatic N) is 3. The van der Waals surface area contributed by atoms with E-state index in [1.54, 1.807) is 18.1 Å². The molecule has 0 aliphatic heterocycles. The van der Waals surface area contributed by atoms with Crippen molar-refractivity contribution in [2.45, 2.75) is 6.54 Å². The lowest BCUT2D eigenvalue weighted by molar-refractivity contribution is -0.121. The number of rotatable bonds is 8. The van der Waals surface area contributed by atoms with Gasteiger partial charge in [0.15, 0.2) is 0 Å². The molecule has 0 aliphatic rings. The van der Waals surface area contributed by atoms with Crippen LogP contribution in [-0.4, -0.2) is 47.6 Å². The molecule has 0 aliphatic carbocycles. The molecule has 0 bridgehead atoms. The molecule has 1 amide bonds. The van der Waals surface area contributed by atoms with Crippen molar-refractivity contribution < 1.29 is 14.3 Å². The Balaban J connectivity index is 1.78. The van der Waals surface area contributed by atoms with Crippen molar-refractivity contribution in [3.8, 4) is 0 Å². The van der Waals surface area contributed by atoms with E-state index in [1.165, 1.54) is 6.33 Å². The van der Waals surface area contributed by atoms with E-state index in [0.29, 0.717) is 19.8 Å². The van der Waals surface area contributed by atoms with E-state index in [0.717, 1.165) is 11.3 Å². The Hall–Kier alpha value is -2.25. The lowest BCUT2D eigenvalue weighted by Crippen LogP contribution is -2.19. The summed E-state index contributed by atoms with van der Waals surface area (Å²) >= 11 is 0. The van der Waals surface area contributed by atoms with E-state index < -0.39 is 0 Å². The number of amides is 1. The smallest absolute Gasteiger partial charge is 0.250 e. The maximum atomic E-state index is 11.6. The van der Waals surface area contributed by atoms with Crippen LogP contribution >= 0.6 is 0 Å². The predicted molar refractivity (Wildman–Crippen MR) is 76.9 cm³/mol. The zero-order chi connectivity index (χ0) is 14.9. The minimum absolute atomic E-state index is 0.0179. The number of benzene rings is 1. The molecule has 0 atom stereocenters. The van der Waals surface area contributed by atoms with Crippen molar-refractivity contribution in [2.24, 2.45) is 0 Å². The van der Waals surface area contributed by atoms with E-state index in [4.69, 9.17) is 9.47 Å². The molecule has 1 heterocycles. The summed E-state index contributed by atoms with van der Waals surface area (Å²) < 4.78 is 11.7. The van der Waals surface area contributed by atoms with Crippen LogP contribution in [0.4, 0.5) is 5.69 Å². The van der Waals surface area contributed by atoms with Gasteiger partial charge in [0.25, 0.3) is 0 Å². The molecule has 7 nitrogen and oxygen atoms in total. The quantitative estimate of drug-likeness (QED) is 0.732. The fraction of sp³-hybridized carbons (Fsp3) is 0.357. The summed E-state index contributed by atoms with van der Waals surface area (Å²) in [4.78, 5) is 15.5. The average molecular weight is 290 g/mol. The summed E-state index contributed by atoms with van der Waals surface area (Å²) in [5.74, 6) is -0.185. The molecule has 0 radical (unpaired) electrons. The van der Waals surface area contributed by atoms with Crippen molar-refractivity contribution in [1.82, 2.24) is 14.8 Å². The lowest BCUT2D eigenvalue weighted by Gasteiger charge is -2.07. The molecule has 7 heteroatoms. The lowest BCUT2D eigenvalue weighted by atomic mass is 10.2. The van der Waals surface area contributed by atoms with Crippen LogP contribution in [0.1, 0.15) is 5.56 Å². The van der Waals surface area contributed by atoms with Gasteiger partial charge in [-0.1, -0.05) is 12.1 Å². The monoisotopic (exact) mass is 290 g/mol. The van der Waals surface area contributed by atoms with E-state index >= 15 is 0 Å². The first-order valence-corrected chi connectivity index (χ1v) is 6.56. The van der Waals surface area contributed by atoms with Crippen molar-refractivity contribution in [1.29, 1.82) is 0 Å². The number of aromatic nitrogens is 3. The van der Waals surface area contributed by atoms with E-state index in [1.807, 2.05) is 24.3 Å². The fourth-order valence-corrected chi connectivity index (χ4v) is 1.70. The van der Waals surface area contributed by atoms with Crippen molar-refractivity contribution >= 4 is 11.6 Å². The number of carbonyl (C=O) groups excluding carboxylic acids is 1. The summed E-state index contributed by atoms with van der Waals surface area (Å²) in [6.45, 7) is 1.55. The fourth-order valence-electron chi connectivity index (χ4n) is 1.70. The molecule has 0 spiro atoms. The van der Waals surface area contributed by atoms with E-state index in [2.05, 4.69) is 15.4 Å². The SMILES string of the molecule is COCCOCC(=O)Nc1ccc(Cn2cncn2)cc1. The molecule has 2 rings (SSSR count). The number of anilines is 1. The third-order valence-corrected chi connectivity index (χ3v) is 2.71. The van der Waals surface area contributed by atoms with Gasteiger partial charge in [0.05, 0.1) is 19.8 Å². The van der Waals surface area contributed by atoms with E-state index in [9.17, 15) is 4.79 Å². The average Bonchev–Trinajstić information content (AvgIpc) is 2.99. The van der Waals surface area contributed by atoms with Gasteiger partial charge >= 0.3 is 0 Å². The zero-order valence-corrected chi connectivity index (χ0v) is 11.9. The summed E-state index contributed by atoms with van der Waals surface area (Å²) in [7, 11) is 1.59. The van der Waals surface area contributed by atoms with E-state index in [-0.39, 0.29) is 12.5 Å². The Morgan fingerprint density at radius 2 is 2.10 bits per heavy atom. The maximum Gasteiger partial charge on any atom is 0.250 e. The van der Waals surface area contributed by atoms with Crippen LogP contribution in [0.2, 0.25) is 0 Å². The second-order valence-corrected chi connectivity index (χ2v) is 4.38. The maximum absolute atomic E-state index is 11.6. The Morgan fingerprint density at radius 3 is 2.76 bits per heavy atom. The van der Waals surface area contributed by atoms with Crippen LogP contribution in [-0.2, 0) is 20.8 Å². The first-order valence-electron chi connectivity index (χ1n) is 6.56. The topological polar surface area (TPSA) is 78.3 Å². The second-order valence-electron chi connectivity index (χ2n) is 4.38. The van der Waals surface area contributed by atoms with Gasteiger partial charge in [0.1, 0.15) is 19.3 Å². The highest BCUT2D eigenvalue weighted by Crippen LogP contribution is 2.10. The molecule has 0 saturated carbocycles. The first-order chi connectivity index (χ1) is 10.3. The molecule has 21 heavy (non-hydrogen) atoms. The Bertz CT molecular complexity index is 540. The van der Waals surface area contributed by atoms with Gasteiger partial charge in [-0.15, -0.1) is 0 Å². The van der Waals surface area contributed by atoms with Crippen molar-refractivity contribution in [3.63, 3.8) is 0 Å². The molecule has 1 aromatic heterocycles. The highest BCUT2D eigenvalue weighted by atomic mass is 16.5. The summed E-state index contributed by atoms with van der Waals surface area (Å²) in [5.41, 5.74) is 1.81. The van der Waals surface area contributed by atoms with Gasteiger partial charge in [-0.25, -0.2) is 9.67 Å². The highest BCUT2D eigenvalue weighted by Gasteiger charge is 2.03. The van der Waals surface area contributed by atoms with Gasteiger partial charge in [-0.3, -0.25) is 4.79 Å². The third-order valence-electron chi connectivity index (χ3n) is 2.71. The number of ether oxygens (including phenoxy) is 2. The molecule has 0 fully saturated rings. The van der Waals surface area contributed by atoms with Crippen molar-refractivity contribution in [3.05, 3.63) is 42.5 Å². The van der Waals surface area contributed by atoms with Gasteiger partial charge in [0.2, 0.25) is 5.91 Å². The van der Waals surface area contributed by atoms with Crippen LogP contribution in [0.5, 0.6) is 0 Å². The van der Waals surface area contributed by atoms with Crippen LogP contribution < -0.4 is 5.32 Å². The van der Waals surface area contributed by atoms with Gasteiger partial charge in [-0.05, 0) is 17.7 Å².